The Kier molecular flexibility index (Phi) is 3.64. The second kappa shape index (κ2) is 5.16. The lowest BCUT2D eigenvalue weighted by Gasteiger charge is -2.50. The van der Waals surface area contributed by atoms with Crippen LogP contribution in [0.3, 0.4) is 0 Å². The van der Waals surface area contributed by atoms with Gasteiger partial charge in [-0.25, -0.2) is 8.42 Å². The van der Waals surface area contributed by atoms with Gasteiger partial charge >= 0.3 is 0 Å². The van der Waals surface area contributed by atoms with Gasteiger partial charge in [0, 0.05) is 37.7 Å². The summed E-state index contributed by atoms with van der Waals surface area (Å²) in [7, 11) is -2.99. The highest BCUT2D eigenvalue weighted by molar-refractivity contribution is 7.93. The first kappa shape index (κ1) is 14.1. The minimum atomic E-state index is -2.99. The molecule has 0 radical (unpaired) electrons. The fourth-order valence-corrected chi connectivity index (χ4v) is 5.88. The van der Waals surface area contributed by atoms with E-state index in [0.29, 0.717) is 32.1 Å². The molecule has 1 unspecified atom stereocenters. The van der Waals surface area contributed by atoms with E-state index < -0.39 is 14.6 Å². The van der Waals surface area contributed by atoms with E-state index in [2.05, 4.69) is 4.90 Å². The first-order valence-corrected chi connectivity index (χ1v) is 8.76. The maximum Gasteiger partial charge on any atom is 0.158 e. The number of sulfone groups is 1. The Morgan fingerprint density at radius 1 is 1.50 bits per heavy atom. The lowest BCUT2D eigenvalue weighted by atomic mass is 9.83. The molecule has 0 aliphatic carbocycles. The monoisotopic (exact) mass is 299 g/mol. The summed E-state index contributed by atoms with van der Waals surface area (Å²) < 4.78 is 34.7. The first-order valence-electron chi connectivity index (χ1n) is 7.11. The summed E-state index contributed by atoms with van der Waals surface area (Å²) in [6, 6.07) is 1.92. The maximum absolute atomic E-state index is 12.4. The molecular weight excluding hydrogens is 278 g/mol. The van der Waals surface area contributed by atoms with Gasteiger partial charge in [-0.2, -0.15) is 0 Å². The standard InChI is InChI=1S/C14H21NO4S/c1-2-18-9-13-4-6-20(16,17)14(13)10-15(11-14)7-12-3-5-19-8-12/h3,5,8,13H,2,4,6-7,9-11H2,1H3. The second-order valence-electron chi connectivity index (χ2n) is 5.81. The van der Waals surface area contributed by atoms with Crippen LogP contribution in [-0.4, -0.2) is 50.1 Å². The number of ether oxygens (including phenoxy) is 1. The van der Waals surface area contributed by atoms with E-state index in [4.69, 9.17) is 9.15 Å². The number of hydrogen-bond donors (Lipinski definition) is 0. The van der Waals surface area contributed by atoms with Gasteiger partial charge in [0.25, 0.3) is 0 Å². The van der Waals surface area contributed by atoms with Gasteiger partial charge in [-0.3, -0.25) is 4.90 Å². The molecule has 2 fully saturated rings. The molecule has 2 saturated heterocycles. The van der Waals surface area contributed by atoms with E-state index in [-0.39, 0.29) is 5.92 Å². The molecule has 0 bridgehead atoms. The predicted octanol–water partition coefficient (Wildman–Crippen LogP) is 1.31. The van der Waals surface area contributed by atoms with Gasteiger partial charge < -0.3 is 9.15 Å². The number of likely N-dealkylation sites (tertiary alicyclic amines) is 1. The molecule has 0 N–H and O–H groups in total. The van der Waals surface area contributed by atoms with Gasteiger partial charge in [-0.1, -0.05) is 0 Å². The van der Waals surface area contributed by atoms with Crippen molar-refractivity contribution in [2.24, 2.45) is 5.92 Å². The van der Waals surface area contributed by atoms with E-state index in [0.717, 1.165) is 18.5 Å². The van der Waals surface area contributed by atoms with Crippen LogP contribution in [0.25, 0.3) is 0 Å². The van der Waals surface area contributed by atoms with Crippen molar-refractivity contribution in [3.8, 4) is 0 Å². The van der Waals surface area contributed by atoms with E-state index in [9.17, 15) is 8.42 Å². The third-order valence-electron chi connectivity index (χ3n) is 4.59. The summed E-state index contributed by atoms with van der Waals surface area (Å²) in [5.41, 5.74) is 1.09. The highest BCUT2D eigenvalue weighted by Gasteiger charge is 2.61. The van der Waals surface area contributed by atoms with Gasteiger partial charge in [-0.05, 0) is 19.4 Å². The number of hydrogen-bond acceptors (Lipinski definition) is 5. The first-order chi connectivity index (χ1) is 9.57. The lowest BCUT2D eigenvalue weighted by molar-refractivity contribution is 0.0291. The molecular formula is C14H21NO4S. The summed E-state index contributed by atoms with van der Waals surface area (Å²) in [6.45, 7) is 5.16. The average molecular weight is 299 g/mol. The van der Waals surface area contributed by atoms with Crippen LogP contribution >= 0.6 is 0 Å². The zero-order chi connectivity index (χ0) is 14.2. The molecule has 20 heavy (non-hydrogen) atoms. The third-order valence-corrected chi connectivity index (χ3v) is 7.19. The Hall–Kier alpha value is -0.850. The molecule has 1 aromatic heterocycles. The normalized spacial score (nSPS) is 27.8. The van der Waals surface area contributed by atoms with Crippen molar-refractivity contribution in [1.82, 2.24) is 4.90 Å². The SMILES string of the molecule is CCOCC1CCS(=O)(=O)C12CN(Cc1ccoc1)C2. The highest BCUT2D eigenvalue weighted by atomic mass is 32.2. The van der Waals surface area contributed by atoms with E-state index in [1.165, 1.54) is 0 Å². The summed E-state index contributed by atoms with van der Waals surface area (Å²) in [6.07, 6.45) is 4.10. The molecule has 2 aliphatic heterocycles. The minimum absolute atomic E-state index is 0.146. The lowest BCUT2D eigenvalue weighted by Crippen LogP contribution is -2.67. The maximum atomic E-state index is 12.4. The highest BCUT2D eigenvalue weighted by Crippen LogP contribution is 2.45. The van der Waals surface area contributed by atoms with E-state index >= 15 is 0 Å². The molecule has 3 heterocycles. The fourth-order valence-electron chi connectivity index (χ4n) is 3.43. The van der Waals surface area contributed by atoms with E-state index in [1.807, 2.05) is 13.0 Å². The van der Waals surface area contributed by atoms with Crippen molar-refractivity contribution >= 4 is 9.84 Å². The van der Waals surface area contributed by atoms with Crippen LogP contribution in [0.15, 0.2) is 23.0 Å². The Morgan fingerprint density at radius 2 is 2.30 bits per heavy atom. The smallest absolute Gasteiger partial charge is 0.158 e. The average Bonchev–Trinajstić information content (AvgIpc) is 2.94. The molecule has 0 saturated carbocycles. The number of furan rings is 1. The topological polar surface area (TPSA) is 59.8 Å². The van der Waals surface area contributed by atoms with Crippen LogP contribution in [0.1, 0.15) is 18.9 Å². The van der Waals surface area contributed by atoms with Crippen LogP contribution in [0, 0.1) is 5.92 Å². The van der Waals surface area contributed by atoms with Crippen LogP contribution < -0.4 is 0 Å². The van der Waals surface area contributed by atoms with Crippen molar-refractivity contribution in [3.63, 3.8) is 0 Å². The van der Waals surface area contributed by atoms with Gasteiger partial charge in [-0.15, -0.1) is 0 Å². The molecule has 3 rings (SSSR count). The van der Waals surface area contributed by atoms with Crippen LogP contribution in [0.2, 0.25) is 0 Å². The molecule has 0 aromatic carbocycles. The Morgan fingerprint density at radius 3 is 2.95 bits per heavy atom. The van der Waals surface area contributed by atoms with Gasteiger partial charge in [0.1, 0.15) is 4.75 Å². The summed E-state index contributed by atoms with van der Waals surface area (Å²) in [5.74, 6) is 0.456. The summed E-state index contributed by atoms with van der Waals surface area (Å²) in [5, 5.41) is 0. The van der Waals surface area contributed by atoms with Crippen molar-refractivity contribution in [2.45, 2.75) is 24.6 Å². The molecule has 1 spiro atoms. The van der Waals surface area contributed by atoms with Crippen molar-refractivity contribution in [2.75, 3.05) is 32.1 Å². The zero-order valence-electron chi connectivity index (χ0n) is 11.7. The minimum Gasteiger partial charge on any atom is -0.472 e. The van der Waals surface area contributed by atoms with Gasteiger partial charge in [0.2, 0.25) is 0 Å². The van der Waals surface area contributed by atoms with Crippen molar-refractivity contribution in [3.05, 3.63) is 24.2 Å². The molecule has 2 aliphatic rings. The van der Waals surface area contributed by atoms with Crippen molar-refractivity contribution < 1.29 is 17.6 Å². The Bertz CT molecular complexity index is 546. The second-order valence-corrected chi connectivity index (χ2v) is 8.26. The quantitative estimate of drug-likeness (QED) is 0.820. The molecule has 1 atom stereocenters. The Balaban J connectivity index is 1.68. The predicted molar refractivity (Wildman–Crippen MR) is 75.1 cm³/mol. The fraction of sp³-hybridized carbons (Fsp3) is 0.714. The third kappa shape index (κ3) is 2.19. The zero-order valence-corrected chi connectivity index (χ0v) is 12.6. The van der Waals surface area contributed by atoms with Crippen LogP contribution in [-0.2, 0) is 21.1 Å². The molecule has 5 nitrogen and oxygen atoms in total. The molecule has 0 amide bonds. The molecule has 1 aromatic rings. The number of rotatable bonds is 5. The Labute approximate surface area is 119 Å². The van der Waals surface area contributed by atoms with Crippen molar-refractivity contribution in [1.29, 1.82) is 0 Å². The largest absolute Gasteiger partial charge is 0.472 e. The van der Waals surface area contributed by atoms with E-state index in [1.54, 1.807) is 12.5 Å². The number of nitrogens with zero attached hydrogens (tertiary/aromatic N) is 1. The van der Waals surface area contributed by atoms with Gasteiger partial charge in [0.05, 0.1) is 24.9 Å². The molecule has 6 heteroatoms. The summed E-state index contributed by atoms with van der Waals surface area (Å²) >= 11 is 0. The summed E-state index contributed by atoms with van der Waals surface area (Å²) in [4.78, 5) is 2.17. The van der Waals surface area contributed by atoms with Gasteiger partial charge in [0.15, 0.2) is 9.84 Å². The van der Waals surface area contributed by atoms with Crippen LogP contribution in [0.5, 0.6) is 0 Å². The molecule has 112 valence electrons. The van der Waals surface area contributed by atoms with Crippen LogP contribution in [0.4, 0.5) is 0 Å².